The topological polar surface area (TPSA) is 38.7 Å². The van der Waals surface area contributed by atoms with Crippen molar-refractivity contribution >= 4 is 0 Å². The zero-order valence-corrected chi connectivity index (χ0v) is 12.3. The molecule has 1 heterocycles. The van der Waals surface area contributed by atoms with E-state index in [1.54, 1.807) is 0 Å². The van der Waals surface area contributed by atoms with Crippen LogP contribution in [-0.2, 0) is 13.0 Å². The Morgan fingerprint density at radius 2 is 1.90 bits per heavy atom. The number of hydrogen-bond acceptors (Lipinski definition) is 4. The zero-order chi connectivity index (χ0) is 14.5. The van der Waals surface area contributed by atoms with Crippen LogP contribution in [0.5, 0.6) is 5.75 Å². The lowest BCUT2D eigenvalue weighted by Crippen LogP contribution is -2.44. The van der Waals surface area contributed by atoms with Gasteiger partial charge in [-0.15, -0.1) is 0 Å². The molecular formula is C15H24FN3O. The fourth-order valence-electron chi connectivity index (χ4n) is 2.58. The molecule has 0 atom stereocenters. The van der Waals surface area contributed by atoms with Crippen molar-refractivity contribution in [1.29, 1.82) is 0 Å². The van der Waals surface area contributed by atoms with E-state index in [4.69, 9.17) is 0 Å². The van der Waals surface area contributed by atoms with Gasteiger partial charge in [0.05, 0.1) is 0 Å². The predicted octanol–water partition coefficient (Wildman–Crippen LogP) is 1.04. The molecule has 1 aromatic rings. The lowest BCUT2D eigenvalue weighted by Gasteiger charge is -2.27. The maximum absolute atomic E-state index is 13.7. The first-order valence-electron chi connectivity index (χ1n) is 7.14. The second-order valence-electron chi connectivity index (χ2n) is 5.65. The van der Waals surface area contributed by atoms with Crippen LogP contribution in [0.15, 0.2) is 12.1 Å². The minimum atomic E-state index is -0.269. The lowest BCUT2D eigenvalue weighted by molar-refractivity contribution is 0.243. The number of nitrogens with zero attached hydrogens (tertiary/aromatic N) is 2. The summed E-state index contributed by atoms with van der Waals surface area (Å²) in [6.45, 7) is 5.44. The SMILES string of the molecule is CN(C)Cc1cc(F)cc(CCN2CCNCC2)c1O. The molecule has 1 fully saturated rings. The summed E-state index contributed by atoms with van der Waals surface area (Å²) in [5.41, 5.74) is 1.37. The summed E-state index contributed by atoms with van der Waals surface area (Å²) in [6.07, 6.45) is 0.685. The molecule has 1 aliphatic rings. The maximum atomic E-state index is 13.7. The van der Waals surface area contributed by atoms with Gasteiger partial charge in [0.15, 0.2) is 0 Å². The molecule has 4 nitrogen and oxygen atoms in total. The molecule has 2 N–H and O–H groups in total. The highest BCUT2D eigenvalue weighted by Gasteiger charge is 2.14. The number of aromatic hydroxyl groups is 1. The Labute approximate surface area is 120 Å². The molecule has 1 aliphatic heterocycles. The van der Waals surface area contributed by atoms with Crippen LogP contribution in [0, 0.1) is 5.82 Å². The minimum Gasteiger partial charge on any atom is -0.507 e. The molecule has 0 amide bonds. The molecule has 0 bridgehead atoms. The van der Waals surface area contributed by atoms with Gasteiger partial charge in [-0.25, -0.2) is 4.39 Å². The van der Waals surface area contributed by atoms with Crippen LogP contribution in [-0.4, -0.2) is 61.7 Å². The molecular weight excluding hydrogens is 257 g/mol. The summed E-state index contributed by atoms with van der Waals surface area (Å²) < 4.78 is 13.7. The molecule has 1 aromatic carbocycles. The Kier molecular flexibility index (Phi) is 5.34. The summed E-state index contributed by atoms with van der Waals surface area (Å²) in [6, 6.07) is 2.88. The van der Waals surface area contributed by atoms with Gasteiger partial charge in [-0.3, -0.25) is 0 Å². The molecule has 5 heteroatoms. The molecule has 0 spiro atoms. The smallest absolute Gasteiger partial charge is 0.124 e. The first kappa shape index (κ1) is 15.2. The quantitative estimate of drug-likeness (QED) is 0.846. The van der Waals surface area contributed by atoms with Gasteiger partial charge in [-0.2, -0.15) is 0 Å². The van der Waals surface area contributed by atoms with E-state index in [9.17, 15) is 9.50 Å². The average molecular weight is 281 g/mol. The summed E-state index contributed by atoms with van der Waals surface area (Å²) in [7, 11) is 3.81. The first-order chi connectivity index (χ1) is 9.56. The molecule has 0 unspecified atom stereocenters. The molecule has 2 rings (SSSR count). The highest BCUT2D eigenvalue weighted by atomic mass is 19.1. The standard InChI is InChI=1S/C15H24FN3O/c1-18(2)11-13-10-14(16)9-12(15(13)20)3-6-19-7-4-17-5-8-19/h9-10,17,20H,3-8,11H2,1-2H3. The Balaban J connectivity index is 2.04. The van der Waals surface area contributed by atoms with E-state index in [0.717, 1.165) is 32.7 Å². The fourth-order valence-corrected chi connectivity index (χ4v) is 2.58. The zero-order valence-electron chi connectivity index (χ0n) is 12.3. The second-order valence-corrected chi connectivity index (χ2v) is 5.65. The number of phenolic OH excluding ortho intramolecular Hbond substituents is 1. The second kappa shape index (κ2) is 7.02. The molecule has 0 saturated carbocycles. The van der Waals surface area contributed by atoms with Crippen molar-refractivity contribution in [2.75, 3.05) is 46.8 Å². The number of hydrogen-bond donors (Lipinski definition) is 2. The Bertz CT molecular complexity index is 445. The van der Waals surface area contributed by atoms with Crippen molar-refractivity contribution < 1.29 is 9.50 Å². The highest BCUT2D eigenvalue weighted by Crippen LogP contribution is 2.25. The predicted molar refractivity (Wildman–Crippen MR) is 78.5 cm³/mol. The highest BCUT2D eigenvalue weighted by molar-refractivity contribution is 5.41. The van der Waals surface area contributed by atoms with E-state index in [1.165, 1.54) is 12.1 Å². The number of piperazine rings is 1. The van der Waals surface area contributed by atoms with Gasteiger partial charge in [0.2, 0.25) is 0 Å². The minimum absolute atomic E-state index is 0.246. The largest absolute Gasteiger partial charge is 0.507 e. The van der Waals surface area contributed by atoms with Gasteiger partial charge in [0.25, 0.3) is 0 Å². The Hall–Kier alpha value is -1.17. The molecule has 0 radical (unpaired) electrons. The normalized spacial score (nSPS) is 16.8. The number of halogens is 1. The van der Waals surface area contributed by atoms with Gasteiger partial charge in [-0.05, 0) is 38.2 Å². The first-order valence-corrected chi connectivity index (χ1v) is 7.14. The maximum Gasteiger partial charge on any atom is 0.124 e. The summed E-state index contributed by atoms with van der Waals surface area (Å²) >= 11 is 0. The van der Waals surface area contributed by atoms with Crippen LogP contribution >= 0.6 is 0 Å². The van der Waals surface area contributed by atoms with Gasteiger partial charge in [0.1, 0.15) is 11.6 Å². The summed E-state index contributed by atoms with van der Waals surface area (Å²) in [5.74, 6) is -0.0230. The van der Waals surface area contributed by atoms with E-state index in [-0.39, 0.29) is 11.6 Å². The molecule has 112 valence electrons. The Morgan fingerprint density at radius 1 is 1.25 bits per heavy atom. The van der Waals surface area contributed by atoms with Gasteiger partial charge in [-0.1, -0.05) is 0 Å². The fraction of sp³-hybridized carbons (Fsp3) is 0.600. The van der Waals surface area contributed by atoms with Crippen LogP contribution < -0.4 is 5.32 Å². The van der Waals surface area contributed by atoms with Crippen molar-refractivity contribution in [1.82, 2.24) is 15.1 Å². The summed E-state index contributed by atoms with van der Waals surface area (Å²) in [4.78, 5) is 4.26. The number of rotatable bonds is 5. The van der Waals surface area contributed by atoms with E-state index >= 15 is 0 Å². The van der Waals surface area contributed by atoms with Gasteiger partial charge in [0, 0.05) is 44.8 Å². The third-order valence-electron chi connectivity index (χ3n) is 3.63. The van der Waals surface area contributed by atoms with Crippen LogP contribution in [0.3, 0.4) is 0 Å². The molecule has 0 aliphatic carbocycles. The Morgan fingerprint density at radius 3 is 2.55 bits per heavy atom. The van der Waals surface area contributed by atoms with E-state index in [1.807, 2.05) is 19.0 Å². The van der Waals surface area contributed by atoms with Crippen LogP contribution in [0.1, 0.15) is 11.1 Å². The number of benzene rings is 1. The average Bonchev–Trinajstić information content (AvgIpc) is 2.41. The third-order valence-corrected chi connectivity index (χ3v) is 3.63. The van der Waals surface area contributed by atoms with Crippen LogP contribution in [0.25, 0.3) is 0 Å². The number of phenols is 1. The van der Waals surface area contributed by atoms with Crippen molar-refractivity contribution in [3.63, 3.8) is 0 Å². The molecule has 20 heavy (non-hydrogen) atoms. The van der Waals surface area contributed by atoms with E-state index in [2.05, 4.69) is 10.2 Å². The molecule has 0 aromatic heterocycles. The number of nitrogens with one attached hydrogen (secondary N) is 1. The van der Waals surface area contributed by atoms with E-state index in [0.29, 0.717) is 24.1 Å². The van der Waals surface area contributed by atoms with Crippen molar-refractivity contribution in [2.45, 2.75) is 13.0 Å². The van der Waals surface area contributed by atoms with Gasteiger partial charge < -0.3 is 20.2 Å². The van der Waals surface area contributed by atoms with E-state index < -0.39 is 0 Å². The monoisotopic (exact) mass is 281 g/mol. The van der Waals surface area contributed by atoms with Crippen LogP contribution in [0.4, 0.5) is 4.39 Å². The van der Waals surface area contributed by atoms with Crippen LogP contribution in [0.2, 0.25) is 0 Å². The van der Waals surface area contributed by atoms with Crippen molar-refractivity contribution in [2.24, 2.45) is 0 Å². The van der Waals surface area contributed by atoms with Gasteiger partial charge >= 0.3 is 0 Å². The van der Waals surface area contributed by atoms with Crippen molar-refractivity contribution in [3.8, 4) is 5.75 Å². The molecule has 1 saturated heterocycles. The lowest BCUT2D eigenvalue weighted by atomic mass is 10.0. The summed E-state index contributed by atoms with van der Waals surface area (Å²) in [5, 5.41) is 13.6. The van der Waals surface area contributed by atoms with Crippen molar-refractivity contribution in [3.05, 3.63) is 29.1 Å². The third kappa shape index (κ3) is 4.16.